The standard InChI is InChI=1S/C19H22N2O2.ClH/c1-23-17-10-8-15(9-11-17)18-3-2-12-21(18)19(22)16-6-4-14(13-20)5-7-16;/h4-11,18H,2-3,12-13,20H2,1H3;1H. The van der Waals surface area contributed by atoms with Gasteiger partial charge in [-0.1, -0.05) is 24.3 Å². The van der Waals surface area contributed by atoms with Crippen molar-refractivity contribution in [1.29, 1.82) is 0 Å². The van der Waals surface area contributed by atoms with E-state index in [4.69, 9.17) is 10.5 Å². The van der Waals surface area contributed by atoms with Crippen LogP contribution in [0.1, 0.15) is 40.4 Å². The van der Waals surface area contributed by atoms with Crippen molar-refractivity contribution >= 4 is 18.3 Å². The number of carbonyl (C=O) groups excluding carboxylic acids is 1. The van der Waals surface area contributed by atoms with E-state index in [-0.39, 0.29) is 24.4 Å². The molecule has 1 atom stereocenters. The average molecular weight is 347 g/mol. The van der Waals surface area contributed by atoms with Gasteiger partial charge in [0.05, 0.1) is 13.2 Å². The summed E-state index contributed by atoms with van der Waals surface area (Å²) >= 11 is 0. The Morgan fingerprint density at radius 1 is 1.17 bits per heavy atom. The molecular formula is C19H23ClN2O2. The topological polar surface area (TPSA) is 55.6 Å². The molecule has 4 nitrogen and oxygen atoms in total. The summed E-state index contributed by atoms with van der Waals surface area (Å²) in [5.74, 6) is 0.925. The monoisotopic (exact) mass is 346 g/mol. The molecule has 1 fully saturated rings. The zero-order chi connectivity index (χ0) is 16.2. The van der Waals surface area contributed by atoms with Gasteiger partial charge in [0.15, 0.2) is 0 Å². The fourth-order valence-electron chi connectivity index (χ4n) is 3.13. The molecule has 0 saturated carbocycles. The molecule has 1 unspecified atom stereocenters. The average Bonchev–Trinajstić information content (AvgIpc) is 3.11. The summed E-state index contributed by atoms with van der Waals surface area (Å²) in [4.78, 5) is 14.8. The molecule has 0 bridgehead atoms. The van der Waals surface area contributed by atoms with E-state index < -0.39 is 0 Å². The first-order chi connectivity index (χ1) is 11.2. The zero-order valence-electron chi connectivity index (χ0n) is 13.8. The Morgan fingerprint density at radius 2 is 1.83 bits per heavy atom. The highest BCUT2D eigenvalue weighted by Crippen LogP contribution is 2.33. The van der Waals surface area contributed by atoms with E-state index in [9.17, 15) is 4.79 Å². The zero-order valence-corrected chi connectivity index (χ0v) is 14.6. The van der Waals surface area contributed by atoms with Crippen LogP contribution in [0.4, 0.5) is 0 Å². The van der Waals surface area contributed by atoms with Gasteiger partial charge in [0.1, 0.15) is 5.75 Å². The number of nitrogens with zero attached hydrogens (tertiary/aromatic N) is 1. The number of ether oxygens (including phenoxy) is 1. The number of rotatable bonds is 4. The van der Waals surface area contributed by atoms with Crippen LogP contribution in [0.15, 0.2) is 48.5 Å². The van der Waals surface area contributed by atoms with Crippen molar-refractivity contribution in [3.8, 4) is 5.75 Å². The van der Waals surface area contributed by atoms with Gasteiger partial charge in [-0.25, -0.2) is 0 Å². The maximum Gasteiger partial charge on any atom is 0.254 e. The Hall–Kier alpha value is -2.04. The number of methoxy groups -OCH3 is 1. The van der Waals surface area contributed by atoms with Crippen LogP contribution in [-0.2, 0) is 6.54 Å². The third kappa shape index (κ3) is 3.71. The number of hydrogen-bond acceptors (Lipinski definition) is 3. The molecule has 1 heterocycles. The molecule has 128 valence electrons. The Balaban J connectivity index is 0.00000208. The lowest BCUT2D eigenvalue weighted by Crippen LogP contribution is -2.30. The van der Waals surface area contributed by atoms with E-state index in [0.717, 1.165) is 41.8 Å². The lowest BCUT2D eigenvalue weighted by atomic mass is 10.0. The largest absolute Gasteiger partial charge is 0.497 e. The summed E-state index contributed by atoms with van der Waals surface area (Å²) in [7, 11) is 1.66. The van der Waals surface area contributed by atoms with Crippen LogP contribution in [0, 0.1) is 0 Å². The maximum absolute atomic E-state index is 12.8. The molecule has 2 aromatic rings. The molecular weight excluding hydrogens is 324 g/mol. The van der Waals surface area contributed by atoms with E-state index in [1.165, 1.54) is 0 Å². The third-order valence-corrected chi connectivity index (χ3v) is 4.45. The first kappa shape index (κ1) is 18.3. The molecule has 3 rings (SSSR count). The van der Waals surface area contributed by atoms with Crippen molar-refractivity contribution in [3.05, 3.63) is 65.2 Å². The van der Waals surface area contributed by atoms with Crippen molar-refractivity contribution in [1.82, 2.24) is 4.90 Å². The highest BCUT2D eigenvalue weighted by Gasteiger charge is 2.30. The molecule has 1 aliphatic rings. The van der Waals surface area contributed by atoms with E-state index >= 15 is 0 Å². The summed E-state index contributed by atoms with van der Waals surface area (Å²) in [5, 5.41) is 0. The molecule has 5 heteroatoms. The Kier molecular flexibility index (Phi) is 6.23. The minimum Gasteiger partial charge on any atom is -0.497 e. The molecule has 2 aromatic carbocycles. The van der Waals surface area contributed by atoms with Crippen molar-refractivity contribution in [2.75, 3.05) is 13.7 Å². The number of carbonyl (C=O) groups is 1. The second kappa shape index (κ2) is 8.18. The Labute approximate surface area is 149 Å². The molecule has 1 amide bonds. The summed E-state index contributed by atoms with van der Waals surface area (Å²) < 4.78 is 5.21. The molecule has 24 heavy (non-hydrogen) atoms. The van der Waals surface area contributed by atoms with Crippen LogP contribution in [-0.4, -0.2) is 24.5 Å². The van der Waals surface area contributed by atoms with Gasteiger partial charge >= 0.3 is 0 Å². The quantitative estimate of drug-likeness (QED) is 0.921. The molecule has 0 spiro atoms. The second-order valence-corrected chi connectivity index (χ2v) is 5.83. The van der Waals surface area contributed by atoms with Gasteiger partial charge in [0, 0.05) is 18.7 Å². The first-order valence-electron chi connectivity index (χ1n) is 7.97. The lowest BCUT2D eigenvalue weighted by molar-refractivity contribution is 0.0735. The molecule has 0 aromatic heterocycles. The smallest absolute Gasteiger partial charge is 0.254 e. The fraction of sp³-hybridized carbons (Fsp3) is 0.316. The van der Waals surface area contributed by atoms with Crippen LogP contribution >= 0.6 is 12.4 Å². The lowest BCUT2D eigenvalue weighted by Gasteiger charge is -2.25. The minimum atomic E-state index is 0. The first-order valence-corrected chi connectivity index (χ1v) is 7.97. The summed E-state index contributed by atoms with van der Waals surface area (Å²) in [5.41, 5.74) is 8.54. The van der Waals surface area contributed by atoms with Gasteiger partial charge in [-0.05, 0) is 48.2 Å². The number of amides is 1. The highest BCUT2D eigenvalue weighted by molar-refractivity contribution is 5.94. The van der Waals surface area contributed by atoms with Crippen LogP contribution in [0.3, 0.4) is 0 Å². The van der Waals surface area contributed by atoms with Gasteiger partial charge < -0.3 is 15.4 Å². The fourth-order valence-corrected chi connectivity index (χ4v) is 3.13. The molecule has 1 saturated heterocycles. The van der Waals surface area contributed by atoms with Crippen LogP contribution in [0.25, 0.3) is 0 Å². The summed E-state index contributed by atoms with van der Waals surface area (Å²) in [6, 6.07) is 15.7. The molecule has 0 radical (unpaired) electrons. The predicted molar refractivity (Wildman–Crippen MR) is 97.6 cm³/mol. The van der Waals surface area contributed by atoms with Crippen LogP contribution in [0.5, 0.6) is 5.75 Å². The van der Waals surface area contributed by atoms with Crippen LogP contribution < -0.4 is 10.5 Å². The molecule has 1 aliphatic heterocycles. The van der Waals surface area contributed by atoms with Gasteiger partial charge in [-0.3, -0.25) is 4.79 Å². The van der Waals surface area contributed by atoms with Crippen molar-refractivity contribution in [2.45, 2.75) is 25.4 Å². The predicted octanol–water partition coefficient (Wildman–Crippen LogP) is 3.55. The molecule has 0 aliphatic carbocycles. The van der Waals surface area contributed by atoms with Gasteiger partial charge in [0.2, 0.25) is 0 Å². The van der Waals surface area contributed by atoms with E-state index in [1.54, 1.807) is 7.11 Å². The van der Waals surface area contributed by atoms with E-state index in [2.05, 4.69) is 0 Å². The van der Waals surface area contributed by atoms with Crippen molar-refractivity contribution in [3.63, 3.8) is 0 Å². The number of benzene rings is 2. The van der Waals surface area contributed by atoms with Gasteiger partial charge in [-0.15, -0.1) is 12.4 Å². The Bertz CT molecular complexity index is 671. The third-order valence-electron chi connectivity index (χ3n) is 4.45. The summed E-state index contributed by atoms with van der Waals surface area (Å²) in [6.45, 7) is 1.29. The minimum absolute atomic E-state index is 0. The molecule has 2 N–H and O–H groups in total. The van der Waals surface area contributed by atoms with E-state index in [0.29, 0.717) is 6.54 Å². The van der Waals surface area contributed by atoms with Gasteiger partial charge in [0.25, 0.3) is 5.91 Å². The number of nitrogens with two attached hydrogens (primary N) is 1. The SMILES string of the molecule is COc1ccc(C2CCCN2C(=O)c2ccc(CN)cc2)cc1.Cl. The van der Waals surface area contributed by atoms with Crippen molar-refractivity contribution in [2.24, 2.45) is 5.73 Å². The number of hydrogen-bond donors (Lipinski definition) is 1. The normalized spacial score (nSPS) is 16.6. The maximum atomic E-state index is 12.8. The number of halogens is 1. The van der Waals surface area contributed by atoms with Crippen LogP contribution in [0.2, 0.25) is 0 Å². The van der Waals surface area contributed by atoms with Crippen molar-refractivity contribution < 1.29 is 9.53 Å². The van der Waals surface area contributed by atoms with Gasteiger partial charge in [-0.2, -0.15) is 0 Å². The highest BCUT2D eigenvalue weighted by atomic mass is 35.5. The summed E-state index contributed by atoms with van der Waals surface area (Å²) in [6.07, 6.45) is 2.03. The number of likely N-dealkylation sites (tertiary alicyclic amines) is 1. The second-order valence-electron chi connectivity index (χ2n) is 5.83. The van der Waals surface area contributed by atoms with E-state index in [1.807, 2.05) is 53.4 Å². The Morgan fingerprint density at radius 3 is 2.42 bits per heavy atom.